The van der Waals surface area contributed by atoms with Crippen LogP contribution in [-0.4, -0.2) is 0 Å². The highest BCUT2D eigenvalue weighted by Gasteiger charge is 2.27. The third-order valence-electron chi connectivity index (χ3n) is 9.80. The van der Waals surface area contributed by atoms with E-state index >= 15 is 0 Å². The van der Waals surface area contributed by atoms with Gasteiger partial charge in [0, 0.05) is 38.2 Å². The lowest BCUT2D eigenvalue weighted by Crippen LogP contribution is -2.16. The van der Waals surface area contributed by atoms with E-state index in [0.717, 1.165) is 62.4 Å². The fourth-order valence-electron chi connectivity index (χ4n) is 7.36. The van der Waals surface area contributed by atoms with Gasteiger partial charge in [-0.25, -0.2) is 0 Å². The van der Waals surface area contributed by atoms with E-state index in [-0.39, 0.29) is 0 Å². The third kappa shape index (κ3) is 5.59. The number of anilines is 9. The number of rotatable bonds is 6. The molecule has 0 saturated carbocycles. The Hall–Kier alpha value is -6.69. The Morgan fingerprint density at radius 1 is 0.358 bits per heavy atom. The lowest BCUT2D eigenvalue weighted by molar-refractivity contribution is 0.477. The quantitative estimate of drug-likeness (QED) is 0.172. The molecule has 0 aliphatic carbocycles. The van der Waals surface area contributed by atoms with Crippen molar-refractivity contribution in [1.29, 1.82) is 0 Å². The lowest BCUT2D eigenvalue weighted by atomic mass is 10.0. The molecule has 0 spiro atoms. The molecule has 2 aliphatic rings. The number of hydrogen-bond donors (Lipinski definition) is 0. The summed E-state index contributed by atoms with van der Waals surface area (Å²) < 4.78 is 6.52. The van der Waals surface area contributed by atoms with Gasteiger partial charge in [0.2, 0.25) is 0 Å². The highest BCUT2D eigenvalue weighted by molar-refractivity contribution is 7.99. The van der Waals surface area contributed by atoms with E-state index in [1.807, 2.05) is 30.0 Å². The topological polar surface area (TPSA) is 19.0 Å². The van der Waals surface area contributed by atoms with Crippen molar-refractivity contribution in [3.63, 3.8) is 0 Å². The van der Waals surface area contributed by atoms with Gasteiger partial charge in [-0.2, -0.15) is 0 Å². The van der Waals surface area contributed by atoms with Crippen molar-refractivity contribution in [2.75, 3.05) is 14.7 Å². The maximum Gasteiger partial charge on any atom is 0.152 e. The average molecular weight is 700 g/mol. The molecule has 252 valence electrons. The molecule has 0 saturated heterocycles. The van der Waals surface area contributed by atoms with Crippen LogP contribution in [-0.2, 0) is 0 Å². The van der Waals surface area contributed by atoms with E-state index in [2.05, 4.69) is 197 Å². The minimum atomic E-state index is 0.831. The van der Waals surface area contributed by atoms with Crippen LogP contribution in [0.1, 0.15) is 0 Å². The summed E-state index contributed by atoms with van der Waals surface area (Å²) in [6.45, 7) is 0. The molecule has 0 aromatic heterocycles. The number of ether oxygens (including phenoxy) is 1. The van der Waals surface area contributed by atoms with Gasteiger partial charge >= 0.3 is 0 Å². The summed E-state index contributed by atoms with van der Waals surface area (Å²) in [5.41, 5.74) is 12.2. The van der Waals surface area contributed by atoms with Gasteiger partial charge in [-0.3, -0.25) is 0 Å². The number of nitrogens with zero attached hydrogens (tertiary/aromatic N) is 3. The Morgan fingerprint density at radius 2 is 0.868 bits per heavy atom. The lowest BCUT2D eigenvalue weighted by Gasteiger charge is -2.34. The second-order valence-electron chi connectivity index (χ2n) is 13.0. The molecule has 53 heavy (non-hydrogen) atoms. The van der Waals surface area contributed by atoms with Gasteiger partial charge in [0.1, 0.15) is 0 Å². The molecule has 8 aromatic rings. The molecular weight excluding hydrogens is 667 g/mol. The van der Waals surface area contributed by atoms with E-state index in [1.165, 1.54) is 21.2 Å². The fourth-order valence-corrected chi connectivity index (χ4v) is 8.45. The summed E-state index contributed by atoms with van der Waals surface area (Å²) in [5.74, 6) is 1.67. The molecule has 5 heteroatoms. The zero-order valence-electron chi connectivity index (χ0n) is 28.7. The predicted octanol–water partition coefficient (Wildman–Crippen LogP) is 14.3. The third-order valence-corrected chi connectivity index (χ3v) is 10.9. The molecule has 0 atom stereocenters. The summed E-state index contributed by atoms with van der Waals surface area (Å²) in [6.07, 6.45) is 0. The summed E-state index contributed by atoms with van der Waals surface area (Å²) in [6, 6.07) is 70.7. The van der Waals surface area contributed by atoms with Crippen LogP contribution in [0.25, 0.3) is 11.1 Å². The van der Waals surface area contributed by atoms with E-state index in [9.17, 15) is 0 Å². The Bertz CT molecular complexity index is 2580. The first kappa shape index (κ1) is 31.1. The maximum atomic E-state index is 6.52. The summed E-state index contributed by atoms with van der Waals surface area (Å²) >= 11 is 1.82. The monoisotopic (exact) mass is 699 g/mol. The molecule has 2 heterocycles. The van der Waals surface area contributed by atoms with Gasteiger partial charge in [-0.15, -0.1) is 0 Å². The van der Waals surface area contributed by atoms with Crippen LogP contribution in [0.4, 0.5) is 51.2 Å². The molecule has 0 bridgehead atoms. The molecule has 8 aromatic carbocycles. The molecule has 0 fully saturated rings. The molecular formula is C48H33N3OS. The summed E-state index contributed by atoms with van der Waals surface area (Å²) in [4.78, 5) is 9.42. The Morgan fingerprint density at radius 3 is 1.60 bits per heavy atom. The largest absolute Gasteiger partial charge is 0.453 e. The molecule has 0 N–H and O–H groups in total. The summed E-state index contributed by atoms with van der Waals surface area (Å²) in [5, 5.41) is 0. The predicted molar refractivity (Wildman–Crippen MR) is 220 cm³/mol. The van der Waals surface area contributed by atoms with Crippen LogP contribution in [0, 0.1) is 0 Å². The Labute approximate surface area is 313 Å². The molecule has 10 rings (SSSR count). The van der Waals surface area contributed by atoms with Crippen LogP contribution in [0.3, 0.4) is 0 Å². The Balaban J connectivity index is 1.02. The molecule has 4 nitrogen and oxygen atoms in total. The fraction of sp³-hybridized carbons (Fsp3) is 0. The number of hydrogen-bond acceptors (Lipinski definition) is 5. The van der Waals surface area contributed by atoms with Crippen molar-refractivity contribution < 1.29 is 4.74 Å². The van der Waals surface area contributed by atoms with E-state index in [4.69, 9.17) is 4.74 Å². The van der Waals surface area contributed by atoms with E-state index in [0.29, 0.717) is 0 Å². The van der Waals surface area contributed by atoms with E-state index < -0.39 is 0 Å². The van der Waals surface area contributed by atoms with Crippen LogP contribution in [0.2, 0.25) is 0 Å². The minimum Gasteiger partial charge on any atom is -0.453 e. The standard InChI is InChI=1S/C48H33N3OS/c1-4-14-36(15-5-1)49(40-29-31-44-48(33-40)53-47-23-13-11-21-43(47)51(44)38-18-8-3-9-19-38)39-27-24-34(25-28-39)35-26-30-42-46(32-35)52-45-22-12-10-20-41(45)50(42)37-16-6-2-7-17-37/h1-33H. The van der Waals surface area contributed by atoms with Crippen LogP contribution in [0.5, 0.6) is 11.5 Å². The molecule has 0 unspecified atom stereocenters. The maximum absolute atomic E-state index is 6.52. The van der Waals surface area contributed by atoms with Gasteiger partial charge in [0.05, 0.1) is 22.7 Å². The highest BCUT2D eigenvalue weighted by atomic mass is 32.2. The zero-order valence-corrected chi connectivity index (χ0v) is 29.5. The van der Waals surface area contributed by atoms with Gasteiger partial charge in [-0.05, 0) is 114 Å². The van der Waals surface area contributed by atoms with Crippen molar-refractivity contribution in [3.05, 3.63) is 200 Å². The second-order valence-corrected chi connectivity index (χ2v) is 14.1. The molecule has 0 amide bonds. The number of benzene rings is 8. The van der Waals surface area contributed by atoms with Crippen molar-refractivity contribution in [1.82, 2.24) is 0 Å². The molecule has 0 radical (unpaired) electrons. The van der Waals surface area contributed by atoms with Crippen molar-refractivity contribution in [3.8, 4) is 22.6 Å². The van der Waals surface area contributed by atoms with Gasteiger partial charge in [0.25, 0.3) is 0 Å². The second kappa shape index (κ2) is 13.1. The zero-order chi connectivity index (χ0) is 35.1. The smallest absolute Gasteiger partial charge is 0.152 e. The van der Waals surface area contributed by atoms with Gasteiger partial charge in [-0.1, -0.05) is 109 Å². The van der Waals surface area contributed by atoms with Crippen molar-refractivity contribution in [2.24, 2.45) is 0 Å². The highest BCUT2D eigenvalue weighted by Crippen LogP contribution is 2.54. The van der Waals surface area contributed by atoms with Gasteiger partial charge < -0.3 is 19.4 Å². The first-order valence-electron chi connectivity index (χ1n) is 17.8. The summed E-state index contributed by atoms with van der Waals surface area (Å²) in [7, 11) is 0. The number of para-hydroxylation sites is 6. The molecule has 2 aliphatic heterocycles. The minimum absolute atomic E-state index is 0.831. The van der Waals surface area contributed by atoms with Crippen LogP contribution < -0.4 is 19.4 Å². The first-order chi connectivity index (χ1) is 26.3. The SMILES string of the molecule is c1ccc(N(c2ccc(-c3ccc4c(c3)Oc3ccccc3N4c3ccccc3)cc2)c2ccc3c(c2)Sc2ccccc2N3c2ccccc2)cc1. The average Bonchev–Trinajstić information content (AvgIpc) is 3.23. The van der Waals surface area contributed by atoms with Crippen molar-refractivity contribution in [2.45, 2.75) is 9.79 Å². The van der Waals surface area contributed by atoms with E-state index in [1.54, 1.807) is 0 Å². The number of fused-ring (bicyclic) bond motifs is 4. The Kier molecular flexibility index (Phi) is 7.70. The van der Waals surface area contributed by atoms with Gasteiger partial charge in [0.15, 0.2) is 11.5 Å². The van der Waals surface area contributed by atoms with Crippen molar-refractivity contribution >= 4 is 62.9 Å². The normalized spacial score (nSPS) is 12.5. The van der Waals surface area contributed by atoms with Crippen LogP contribution in [0.15, 0.2) is 210 Å². The van der Waals surface area contributed by atoms with Crippen LogP contribution >= 0.6 is 11.8 Å². The first-order valence-corrected chi connectivity index (χ1v) is 18.6.